The summed E-state index contributed by atoms with van der Waals surface area (Å²) in [5.41, 5.74) is 4.14. The van der Waals surface area contributed by atoms with Crippen LogP contribution in [0.2, 0.25) is 10.0 Å². The van der Waals surface area contributed by atoms with Crippen LogP contribution < -0.4 is 20.9 Å². The van der Waals surface area contributed by atoms with Gasteiger partial charge in [0.2, 0.25) is 5.91 Å². The quantitative estimate of drug-likeness (QED) is 0.0949. The molecular weight excluding hydrogens is 663 g/mol. The summed E-state index contributed by atoms with van der Waals surface area (Å²) in [6.45, 7) is 0. The number of amides is 3. The van der Waals surface area contributed by atoms with Crippen molar-refractivity contribution >= 4 is 75.8 Å². The summed E-state index contributed by atoms with van der Waals surface area (Å²) in [6.07, 6.45) is 1.64. The fourth-order valence-electron chi connectivity index (χ4n) is 4.61. The highest BCUT2D eigenvalue weighted by Gasteiger charge is 2.23. The summed E-state index contributed by atoms with van der Waals surface area (Å²) in [6, 6.07) is 37.9. The van der Waals surface area contributed by atoms with Gasteiger partial charge >= 0.3 is 0 Å². The van der Waals surface area contributed by atoms with E-state index in [2.05, 4.69) is 16.0 Å². The van der Waals surface area contributed by atoms with E-state index >= 15 is 0 Å². The number of nitrogens with one attached hydrogen (secondary N) is 3. The zero-order valence-corrected chi connectivity index (χ0v) is 28.4. The third kappa shape index (κ3) is 9.29. The molecule has 0 aliphatic heterocycles. The number of thioether (sulfide) groups is 1. The molecule has 0 saturated heterocycles. The van der Waals surface area contributed by atoms with E-state index in [0.717, 1.165) is 21.7 Å². The summed E-state index contributed by atoms with van der Waals surface area (Å²) in [7, 11) is 3.89. The van der Waals surface area contributed by atoms with Crippen LogP contribution in [0.15, 0.2) is 138 Å². The van der Waals surface area contributed by atoms with Crippen molar-refractivity contribution < 1.29 is 14.4 Å². The maximum atomic E-state index is 13.5. The highest BCUT2D eigenvalue weighted by Crippen LogP contribution is 2.37. The number of hydrogen-bond acceptors (Lipinski definition) is 5. The molecule has 1 unspecified atom stereocenters. The number of nitrogens with zero attached hydrogens (tertiary/aromatic N) is 1. The Labute approximate surface area is 294 Å². The Balaban J connectivity index is 1.33. The Kier molecular flexibility index (Phi) is 11.6. The van der Waals surface area contributed by atoms with Crippen molar-refractivity contribution in [1.29, 1.82) is 0 Å². The first-order chi connectivity index (χ1) is 23.2. The van der Waals surface area contributed by atoms with Crippen LogP contribution in [0.3, 0.4) is 0 Å². The van der Waals surface area contributed by atoms with Crippen molar-refractivity contribution in [3.63, 3.8) is 0 Å². The third-order valence-electron chi connectivity index (χ3n) is 7.14. The van der Waals surface area contributed by atoms with Gasteiger partial charge in [-0.2, -0.15) is 0 Å². The van der Waals surface area contributed by atoms with Gasteiger partial charge in [-0.05, 0) is 83.9 Å². The molecule has 0 heterocycles. The standard InChI is InChI=1S/C38H32Cl2N4O3S/c1-44(2)30-18-13-25(14-19-30)23-34(43-36(45)27-11-7-4-8-12-27)37(46)41-28-15-20-31(21-16-28)48-35(26-9-5-3-6-10-26)38(47)42-29-17-22-32(39)33(40)24-29/h3-24,35H,1-2H3,(H,41,46)(H,42,47)(H,43,45)/b34-23-. The number of benzene rings is 5. The molecule has 0 spiro atoms. The Bertz CT molecular complexity index is 1920. The van der Waals surface area contributed by atoms with E-state index in [1.165, 1.54) is 11.8 Å². The average Bonchev–Trinajstić information content (AvgIpc) is 3.10. The molecule has 0 saturated carbocycles. The predicted molar refractivity (Wildman–Crippen MR) is 198 cm³/mol. The second kappa shape index (κ2) is 16.2. The van der Waals surface area contributed by atoms with E-state index in [4.69, 9.17) is 23.2 Å². The minimum absolute atomic E-state index is 0.0861. The van der Waals surface area contributed by atoms with Crippen LogP contribution in [-0.2, 0) is 9.59 Å². The fourth-order valence-corrected chi connectivity index (χ4v) is 5.93. The second-order valence-electron chi connectivity index (χ2n) is 10.9. The largest absolute Gasteiger partial charge is 0.378 e. The topological polar surface area (TPSA) is 90.5 Å². The van der Waals surface area contributed by atoms with E-state index in [1.807, 2.05) is 91.8 Å². The maximum Gasteiger partial charge on any atom is 0.272 e. The van der Waals surface area contributed by atoms with E-state index < -0.39 is 17.1 Å². The van der Waals surface area contributed by atoms with Gasteiger partial charge in [-0.3, -0.25) is 14.4 Å². The molecule has 1 atom stereocenters. The van der Waals surface area contributed by atoms with E-state index in [1.54, 1.807) is 60.7 Å². The lowest BCUT2D eigenvalue weighted by Crippen LogP contribution is -2.30. The highest BCUT2D eigenvalue weighted by atomic mass is 35.5. The minimum atomic E-state index is -0.581. The monoisotopic (exact) mass is 694 g/mol. The zero-order chi connectivity index (χ0) is 34.0. The molecule has 10 heteroatoms. The second-order valence-corrected chi connectivity index (χ2v) is 12.9. The number of hydrogen-bond donors (Lipinski definition) is 3. The van der Waals surface area contributed by atoms with Gasteiger partial charge < -0.3 is 20.9 Å². The molecule has 242 valence electrons. The van der Waals surface area contributed by atoms with Gasteiger partial charge in [0.25, 0.3) is 11.8 Å². The smallest absolute Gasteiger partial charge is 0.272 e. The van der Waals surface area contributed by atoms with Gasteiger partial charge in [0.05, 0.1) is 10.0 Å². The molecule has 5 aromatic carbocycles. The van der Waals surface area contributed by atoms with Gasteiger partial charge in [-0.25, -0.2) is 0 Å². The molecule has 0 aliphatic rings. The Hall–Kier alpha value is -5.02. The summed E-state index contributed by atoms with van der Waals surface area (Å²) >= 11 is 13.6. The number of rotatable bonds is 11. The molecule has 0 aliphatic carbocycles. The molecule has 0 radical (unpaired) electrons. The van der Waals surface area contributed by atoms with Crippen molar-refractivity contribution in [1.82, 2.24) is 5.32 Å². The first-order valence-electron chi connectivity index (χ1n) is 14.9. The first kappa shape index (κ1) is 34.3. The van der Waals surface area contributed by atoms with Crippen molar-refractivity contribution in [2.45, 2.75) is 10.1 Å². The van der Waals surface area contributed by atoms with Crippen LogP contribution in [0.4, 0.5) is 17.1 Å². The molecule has 5 rings (SSSR count). The van der Waals surface area contributed by atoms with Gasteiger partial charge in [0, 0.05) is 41.6 Å². The molecule has 48 heavy (non-hydrogen) atoms. The lowest BCUT2D eigenvalue weighted by molar-refractivity contribution is -0.116. The minimum Gasteiger partial charge on any atom is -0.378 e. The lowest BCUT2D eigenvalue weighted by Gasteiger charge is -2.18. The molecule has 3 N–H and O–H groups in total. The van der Waals surface area contributed by atoms with Crippen molar-refractivity contribution in [3.8, 4) is 0 Å². The average molecular weight is 696 g/mol. The Morgan fingerprint density at radius 1 is 0.708 bits per heavy atom. The van der Waals surface area contributed by atoms with E-state index in [-0.39, 0.29) is 11.6 Å². The van der Waals surface area contributed by atoms with Gasteiger partial charge in [-0.1, -0.05) is 83.9 Å². The SMILES string of the molecule is CN(C)c1ccc(/C=C(\NC(=O)c2ccccc2)C(=O)Nc2ccc(SC(C(=O)Nc3ccc(Cl)c(Cl)c3)c3ccccc3)cc2)cc1. The summed E-state index contributed by atoms with van der Waals surface area (Å²) in [5, 5.41) is 8.75. The first-order valence-corrected chi connectivity index (χ1v) is 16.5. The lowest BCUT2D eigenvalue weighted by atomic mass is 10.1. The predicted octanol–water partition coefficient (Wildman–Crippen LogP) is 8.94. The number of anilines is 3. The molecule has 0 fully saturated rings. The summed E-state index contributed by atoms with van der Waals surface area (Å²) < 4.78 is 0. The molecule has 7 nitrogen and oxygen atoms in total. The Morgan fingerprint density at radius 2 is 1.33 bits per heavy atom. The molecule has 0 aromatic heterocycles. The molecule has 3 amide bonds. The number of carbonyl (C=O) groups excluding carboxylic acids is 3. The van der Waals surface area contributed by atoms with Gasteiger partial charge in [0.1, 0.15) is 10.9 Å². The normalized spacial score (nSPS) is 11.7. The molecule has 5 aromatic rings. The van der Waals surface area contributed by atoms with E-state index in [0.29, 0.717) is 27.0 Å². The fraction of sp³-hybridized carbons (Fsp3) is 0.0789. The number of halogens is 2. The van der Waals surface area contributed by atoms with Crippen LogP contribution >= 0.6 is 35.0 Å². The van der Waals surface area contributed by atoms with Crippen LogP contribution in [0.25, 0.3) is 6.08 Å². The van der Waals surface area contributed by atoms with Crippen molar-refractivity contribution in [2.24, 2.45) is 0 Å². The zero-order valence-electron chi connectivity index (χ0n) is 26.1. The molecule has 0 bridgehead atoms. The van der Waals surface area contributed by atoms with Gasteiger partial charge in [0.15, 0.2) is 0 Å². The third-order valence-corrected chi connectivity index (χ3v) is 9.15. The number of carbonyl (C=O) groups is 3. The van der Waals surface area contributed by atoms with Gasteiger partial charge in [-0.15, -0.1) is 11.8 Å². The van der Waals surface area contributed by atoms with Crippen LogP contribution in [0.5, 0.6) is 0 Å². The Morgan fingerprint density at radius 3 is 1.96 bits per heavy atom. The maximum absolute atomic E-state index is 13.5. The summed E-state index contributed by atoms with van der Waals surface area (Å²) in [5.74, 6) is -1.12. The van der Waals surface area contributed by atoms with Crippen LogP contribution in [-0.4, -0.2) is 31.8 Å². The van der Waals surface area contributed by atoms with Crippen LogP contribution in [0.1, 0.15) is 26.7 Å². The van der Waals surface area contributed by atoms with E-state index in [9.17, 15) is 14.4 Å². The molecular formula is C38H32Cl2N4O3S. The van der Waals surface area contributed by atoms with Crippen LogP contribution in [0, 0.1) is 0 Å². The van der Waals surface area contributed by atoms with Crippen molar-refractivity contribution in [3.05, 3.63) is 160 Å². The van der Waals surface area contributed by atoms with Crippen molar-refractivity contribution in [2.75, 3.05) is 29.6 Å². The summed E-state index contributed by atoms with van der Waals surface area (Å²) in [4.78, 5) is 42.8. The highest BCUT2D eigenvalue weighted by molar-refractivity contribution is 8.00.